The first-order chi connectivity index (χ1) is 16.4. The number of halogens is 2. The van der Waals surface area contributed by atoms with E-state index in [4.69, 9.17) is 27.9 Å². The van der Waals surface area contributed by atoms with Crippen molar-refractivity contribution in [1.29, 1.82) is 0 Å². The summed E-state index contributed by atoms with van der Waals surface area (Å²) in [7, 11) is 0. The molecule has 1 aliphatic heterocycles. The monoisotopic (exact) mass is 495 g/mol. The van der Waals surface area contributed by atoms with Gasteiger partial charge in [-0.15, -0.1) is 0 Å². The summed E-state index contributed by atoms with van der Waals surface area (Å²) in [6, 6.07) is 20.2. The van der Waals surface area contributed by atoms with E-state index in [0.29, 0.717) is 28.9 Å². The summed E-state index contributed by atoms with van der Waals surface area (Å²) in [5.41, 5.74) is 6.09. The first-order valence-electron chi connectivity index (χ1n) is 10.8. The van der Waals surface area contributed by atoms with Gasteiger partial charge in [0.15, 0.2) is 0 Å². The Hall–Kier alpha value is -3.35. The Morgan fingerprint density at radius 3 is 2.56 bits per heavy atom. The number of hydrogen-bond acceptors (Lipinski definition) is 4. The van der Waals surface area contributed by atoms with Crippen molar-refractivity contribution in [3.63, 3.8) is 0 Å². The Balaban J connectivity index is 1.27. The molecule has 0 aliphatic carbocycles. The predicted molar refractivity (Wildman–Crippen MR) is 135 cm³/mol. The van der Waals surface area contributed by atoms with E-state index in [1.807, 2.05) is 61.5 Å². The normalized spacial score (nSPS) is 15.7. The van der Waals surface area contributed by atoms with Crippen LogP contribution in [0.4, 0.5) is 5.69 Å². The highest BCUT2D eigenvalue weighted by Crippen LogP contribution is 2.26. The zero-order valence-electron chi connectivity index (χ0n) is 18.5. The fourth-order valence-electron chi connectivity index (χ4n) is 3.57. The lowest BCUT2D eigenvalue weighted by Crippen LogP contribution is -2.30. The summed E-state index contributed by atoms with van der Waals surface area (Å²) in [5.74, 6) is -0.114. The van der Waals surface area contributed by atoms with E-state index in [0.717, 1.165) is 22.4 Å². The van der Waals surface area contributed by atoms with E-state index in [-0.39, 0.29) is 18.2 Å². The Kier molecular flexibility index (Phi) is 7.50. The van der Waals surface area contributed by atoms with Crippen LogP contribution in [-0.4, -0.2) is 24.6 Å². The molecule has 0 unspecified atom stereocenters. The maximum absolute atomic E-state index is 12.5. The maximum Gasteiger partial charge on any atom is 0.245 e. The Morgan fingerprint density at radius 1 is 1.12 bits per heavy atom. The molecule has 34 heavy (non-hydrogen) atoms. The molecule has 6 nitrogen and oxygen atoms in total. The van der Waals surface area contributed by atoms with Crippen LogP contribution in [0.15, 0.2) is 71.8 Å². The van der Waals surface area contributed by atoms with Crippen LogP contribution in [0.1, 0.15) is 23.1 Å². The molecular formula is C26H23Cl2N3O3. The van der Waals surface area contributed by atoms with Crippen LogP contribution in [0.25, 0.3) is 0 Å². The van der Waals surface area contributed by atoms with Gasteiger partial charge in [0.2, 0.25) is 11.8 Å². The number of carbonyl (C=O) groups is 2. The van der Waals surface area contributed by atoms with Crippen LogP contribution in [0.3, 0.4) is 0 Å². The van der Waals surface area contributed by atoms with Gasteiger partial charge in [0, 0.05) is 34.3 Å². The molecule has 0 aromatic heterocycles. The second-order valence-corrected chi connectivity index (χ2v) is 8.91. The predicted octanol–water partition coefficient (Wildman–Crippen LogP) is 5.38. The lowest BCUT2D eigenvalue weighted by Gasteiger charge is -2.16. The number of hydrazone groups is 1. The zero-order valence-corrected chi connectivity index (χ0v) is 20.0. The van der Waals surface area contributed by atoms with Gasteiger partial charge in [-0.3, -0.25) is 9.59 Å². The highest BCUT2D eigenvalue weighted by atomic mass is 35.5. The third-order valence-electron chi connectivity index (χ3n) is 5.52. The van der Waals surface area contributed by atoms with Crippen LogP contribution in [0, 0.1) is 12.8 Å². The van der Waals surface area contributed by atoms with Gasteiger partial charge in [0.1, 0.15) is 12.4 Å². The van der Waals surface area contributed by atoms with Gasteiger partial charge in [-0.1, -0.05) is 47.0 Å². The highest BCUT2D eigenvalue weighted by molar-refractivity contribution is 6.35. The van der Waals surface area contributed by atoms with E-state index < -0.39 is 5.92 Å². The van der Waals surface area contributed by atoms with Crippen molar-refractivity contribution in [3.8, 4) is 5.75 Å². The molecule has 0 saturated carbocycles. The summed E-state index contributed by atoms with van der Waals surface area (Å²) in [6.45, 7) is 2.65. The molecule has 1 N–H and O–H groups in total. The van der Waals surface area contributed by atoms with Crippen molar-refractivity contribution in [2.75, 3.05) is 11.4 Å². The summed E-state index contributed by atoms with van der Waals surface area (Å²) in [6.07, 6.45) is 1.71. The zero-order chi connectivity index (χ0) is 24.1. The molecule has 3 aromatic carbocycles. The first-order valence-corrected chi connectivity index (χ1v) is 11.5. The summed E-state index contributed by atoms with van der Waals surface area (Å²) in [5, 5.41) is 5.17. The molecule has 1 atom stereocenters. The molecule has 0 radical (unpaired) electrons. The Labute approximate surface area is 208 Å². The lowest BCUT2D eigenvalue weighted by molar-refractivity contribution is -0.126. The smallest absolute Gasteiger partial charge is 0.245 e. The minimum Gasteiger partial charge on any atom is -0.489 e. The molecule has 1 saturated heterocycles. The van der Waals surface area contributed by atoms with E-state index in [1.165, 1.54) is 0 Å². The van der Waals surface area contributed by atoms with Crippen LogP contribution < -0.4 is 15.1 Å². The number of nitrogens with zero attached hydrogens (tertiary/aromatic N) is 2. The average molecular weight is 496 g/mol. The van der Waals surface area contributed by atoms with Gasteiger partial charge < -0.3 is 9.64 Å². The van der Waals surface area contributed by atoms with Gasteiger partial charge in [-0.05, 0) is 61.0 Å². The number of anilines is 1. The number of hydrogen-bond donors (Lipinski definition) is 1. The fraction of sp³-hybridized carbons (Fsp3) is 0.192. The van der Waals surface area contributed by atoms with Gasteiger partial charge in [-0.25, -0.2) is 5.43 Å². The molecule has 8 heteroatoms. The molecule has 0 bridgehead atoms. The van der Waals surface area contributed by atoms with Crippen LogP contribution >= 0.6 is 23.2 Å². The first kappa shape index (κ1) is 23.8. The molecule has 1 fully saturated rings. The number of aryl methyl sites for hydroxylation is 1. The Bertz CT molecular complexity index is 1210. The molecule has 2 amide bonds. The topological polar surface area (TPSA) is 71.0 Å². The summed E-state index contributed by atoms with van der Waals surface area (Å²) >= 11 is 12.1. The van der Waals surface area contributed by atoms with Crippen molar-refractivity contribution < 1.29 is 14.3 Å². The number of nitrogens with one attached hydrogen (secondary N) is 1. The second-order valence-electron chi connectivity index (χ2n) is 8.07. The average Bonchev–Trinajstić information content (AvgIpc) is 3.21. The van der Waals surface area contributed by atoms with E-state index >= 15 is 0 Å². The molecule has 1 heterocycles. The number of benzene rings is 3. The van der Waals surface area contributed by atoms with Gasteiger partial charge in [0.25, 0.3) is 0 Å². The van der Waals surface area contributed by atoms with Crippen molar-refractivity contribution in [1.82, 2.24) is 5.43 Å². The highest BCUT2D eigenvalue weighted by Gasteiger charge is 2.35. The fourth-order valence-corrected chi connectivity index (χ4v) is 4.03. The van der Waals surface area contributed by atoms with E-state index in [1.54, 1.807) is 23.2 Å². The summed E-state index contributed by atoms with van der Waals surface area (Å²) in [4.78, 5) is 26.5. The van der Waals surface area contributed by atoms with Crippen molar-refractivity contribution >= 4 is 46.9 Å². The number of amides is 2. The standard InChI is InChI=1S/C26H23Cl2N3O3/c1-17-2-8-22(9-3-17)31-15-20(12-25(31)32)26(33)30-29-14-18-4-10-23(11-5-18)34-16-19-6-7-21(27)13-24(19)28/h2-11,13-14,20H,12,15-16H2,1H3,(H,30,33)/b29-14+/t20-/m0/s1. The van der Waals surface area contributed by atoms with Crippen molar-refractivity contribution in [2.24, 2.45) is 11.0 Å². The van der Waals surface area contributed by atoms with Crippen LogP contribution in [0.5, 0.6) is 5.75 Å². The molecular weight excluding hydrogens is 473 g/mol. The molecule has 174 valence electrons. The minimum absolute atomic E-state index is 0.0662. The Morgan fingerprint density at radius 2 is 1.85 bits per heavy atom. The third-order valence-corrected chi connectivity index (χ3v) is 6.11. The molecule has 4 rings (SSSR count). The SMILES string of the molecule is Cc1ccc(N2C[C@@H](C(=O)N/N=C/c3ccc(OCc4ccc(Cl)cc4Cl)cc3)CC2=O)cc1. The number of carbonyl (C=O) groups excluding carboxylic acids is 2. The number of rotatable bonds is 7. The minimum atomic E-state index is -0.443. The number of ether oxygens (including phenoxy) is 1. The van der Waals surface area contributed by atoms with E-state index in [9.17, 15) is 9.59 Å². The second kappa shape index (κ2) is 10.7. The quantitative estimate of drug-likeness (QED) is 0.353. The van der Waals surface area contributed by atoms with Gasteiger partial charge in [-0.2, -0.15) is 5.10 Å². The molecule has 3 aromatic rings. The third kappa shape index (κ3) is 5.95. The van der Waals surface area contributed by atoms with E-state index in [2.05, 4.69) is 10.5 Å². The largest absolute Gasteiger partial charge is 0.489 e. The van der Waals surface area contributed by atoms with Crippen LogP contribution in [0.2, 0.25) is 10.0 Å². The summed E-state index contributed by atoms with van der Waals surface area (Å²) < 4.78 is 5.76. The molecule has 1 aliphatic rings. The van der Waals surface area contributed by atoms with Gasteiger partial charge >= 0.3 is 0 Å². The van der Waals surface area contributed by atoms with Crippen molar-refractivity contribution in [3.05, 3.63) is 93.5 Å². The molecule has 0 spiro atoms. The maximum atomic E-state index is 12.5. The van der Waals surface area contributed by atoms with Crippen molar-refractivity contribution in [2.45, 2.75) is 20.0 Å². The van der Waals surface area contributed by atoms with Gasteiger partial charge in [0.05, 0.1) is 12.1 Å². The van der Waals surface area contributed by atoms with Crippen LogP contribution in [-0.2, 0) is 16.2 Å². The lowest BCUT2D eigenvalue weighted by atomic mass is 10.1.